The summed E-state index contributed by atoms with van der Waals surface area (Å²) in [6.45, 7) is 5.14. The van der Waals surface area contributed by atoms with Gasteiger partial charge in [0.15, 0.2) is 0 Å². The first-order valence-electron chi connectivity index (χ1n) is 13.2. The Morgan fingerprint density at radius 2 is 1.85 bits per heavy atom. The molecule has 1 atom stereocenters. The lowest BCUT2D eigenvalue weighted by Gasteiger charge is -2.35. The number of fused-ring (bicyclic) bond motifs is 3. The minimum atomic E-state index is -0.0706. The number of rotatable bonds is 7. The molecule has 1 aliphatic heterocycles. The number of para-hydroxylation sites is 1. The smallest absolute Gasteiger partial charge is 0.275 e. The third kappa shape index (κ3) is 4.17. The number of hydrogen-bond donors (Lipinski definition) is 1. The molecule has 1 saturated heterocycles. The van der Waals surface area contributed by atoms with Gasteiger partial charge in [0, 0.05) is 54.7 Å². The van der Waals surface area contributed by atoms with E-state index in [1.165, 1.54) is 32.2 Å². The van der Waals surface area contributed by atoms with Gasteiger partial charge in [-0.1, -0.05) is 44.4 Å². The Labute approximate surface area is 201 Å². The van der Waals surface area contributed by atoms with Crippen LogP contribution in [0, 0.1) is 0 Å². The van der Waals surface area contributed by atoms with Gasteiger partial charge < -0.3 is 19.4 Å². The predicted molar refractivity (Wildman–Crippen MR) is 139 cm³/mol. The summed E-state index contributed by atoms with van der Waals surface area (Å²) in [6, 6.07) is 8.89. The van der Waals surface area contributed by atoms with E-state index in [1.54, 1.807) is 0 Å². The molecule has 34 heavy (non-hydrogen) atoms. The number of benzene rings is 1. The summed E-state index contributed by atoms with van der Waals surface area (Å²) in [5.74, 6) is -0.0706. The molecule has 6 nitrogen and oxygen atoms in total. The standard InChI is InChI=1S/C28H38N4O2/c1-3-20-11-8-9-17-31(20)18-10-16-29-27(33)23-19-32(21-12-4-5-13-21)28(34)26-25(23)22-14-6-7-15-24(22)30(26)2/h6-7,14-15,19-21H,3-5,8-13,16-18H2,1-2H3,(H,29,33)/t20-/m1/s1. The van der Waals surface area contributed by atoms with E-state index >= 15 is 0 Å². The number of pyridine rings is 1. The zero-order valence-corrected chi connectivity index (χ0v) is 20.7. The number of carbonyl (C=O) groups is 1. The molecule has 1 saturated carbocycles. The van der Waals surface area contributed by atoms with Crippen LogP contribution in [-0.4, -0.2) is 45.6 Å². The van der Waals surface area contributed by atoms with Gasteiger partial charge in [-0.05, 0) is 51.1 Å². The SMILES string of the molecule is CC[C@@H]1CCCCN1CCCNC(=O)c1cn(C2CCCC2)c(=O)c2c1c1ccccc1n2C. The van der Waals surface area contributed by atoms with Crippen LogP contribution in [0.1, 0.15) is 81.1 Å². The van der Waals surface area contributed by atoms with E-state index in [-0.39, 0.29) is 17.5 Å². The molecule has 2 aliphatic rings. The largest absolute Gasteiger partial charge is 0.352 e. The van der Waals surface area contributed by atoms with Crippen LogP contribution in [0.2, 0.25) is 0 Å². The number of hydrogen-bond acceptors (Lipinski definition) is 3. The quantitative estimate of drug-likeness (QED) is 0.503. The Morgan fingerprint density at radius 3 is 2.65 bits per heavy atom. The summed E-state index contributed by atoms with van der Waals surface area (Å²) in [5.41, 5.74) is 2.28. The molecule has 0 spiro atoms. The zero-order chi connectivity index (χ0) is 23.7. The van der Waals surface area contributed by atoms with E-state index in [0.29, 0.717) is 23.7 Å². The molecule has 182 valence electrons. The number of amides is 1. The molecule has 2 aromatic heterocycles. The van der Waals surface area contributed by atoms with Crippen molar-refractivity contribution >= 4 is 27.7 Å². The Kier molecular flexibility index (Phi) is 6.77. The third-order valence-corrected chi connectivity index (χ3v) is 8.17. The second kappa shape index (κ2) is 9.95. The molecular formula is C28H38N4O2. The van der Waals surface area contributed by atoms with Crippen LogP contribution in [-0.2, 0) is 7.05 Å². The van der Waals surface area contributed by atoms with Crippen LogP contribution in [0.5, 0.6) is 0 Å². The number of nitrogens with one attached hydrogen (secondary N) is 1. The number of carbonyl (C=O) groups excluding carboxylic acids is 1. The maximum Gasteiger partial charge on any atom is 0.275 e. The molecule has 3 aromatic rings. The minimum Gasteiger partial charge on any atom is -0.352 e. The number of likely N-dealkylation sites (tertiary alicyclic amines) is 1. The topological polar surface area (TPSA) is 59.3 Å². The first-order chi connectivity index (χ1) is 16.6. The molecule has 1 aliphatic carbocycles. The fourth-order valence-corrected chi connectivity index (χ4v) is 6.32. The second-order valence-electron chi connectivity index (χ2n) is 10.2. The Morgan fingerprint density at radius 1 is 1.09 bits per heavy atom. The number of piperidine rings is 1. The third-order valence-electron chi connectivity index (χ3n) is 8.17. The second-order valence-corrected chi connectivity index (χ2v) is 10.2. The first kappa shape index (κ1) is 23.2. The highest BCUT2D eigenvalue weighted by Crippen LogP contribution is 2.33. The lowest BCUT2D eigenvalue weighted by Crippen LogP contribution is -2.40. The lowest BCUT2D eigenvalue weighted by atomic mass is 10.00. The predicted octanol–water partition coefficient (Wildman–Crippen LogP) is 4.99. The Hall–Kier alpha value is -2.60. The molecule has 2 fully saturated rings. The van der Waals surface area contributed by atoms with Crippen LogP contribution in [0.4, 0.5) is 0 Å². The van der Waals surface area contributed by atoms with Gasteiger partial charge in [-0.3, -0.25) is 9.59 Å². The van der Waals surface area contributed by atoms with E-state index in [2.05, 4.69) is 17.1 Å². The monoisotopic (exact) mass is 462 g/mol. The molecule has 0 bridgehead atoms. The van der Waals surface area contributed by atoms with Crippen LogP contribution in [0.25, 0.3) is 21.8 Å². The van der Waals surface area contributed by atoms with Crippen molar-refractivity contribution in [1.82, 2.24) is 19.4 Å². The van der Waals surface area contributed by atoms with Gasteiger partial charge >= 0.3 is 0 Å². The van der Waals surface area contributed by atoms with Gasteiger partial charge in [-0.15, -0.1) is 0 Å². The summed E-state index contributed by atoms with van der Waals surface area (Å²) in [6.07, 6.45) is 12.2. The van der Waals surface area contributed by atoms with Crippen molar-refractivity contribution in [2.24, 2.45) is 7.05 Å². The van der Waals surface area contributed by atoms with Crippen molar-refractivity contribution in [3.63, 3.8) is 0 Å². The number of aromatic nitrogens is 2. The highest BCUT2D eigenvalue weighted by atomic mass is 16.2. The van der Waals surface area contributed by atoms with E-state index in [0.717, 1.165) is 54.9 Å². The number of nitrogens with zero attached hydrogens (tertiary/aromatic N) is 3. The number of aryl methyl sites for hydroxylation is 1. The van der Waals surface area contributed by atoms with Crippen LogP contribution >= 0.6 is 0 Å². The summed E-state index contributed by atoms with van der Waals surface area (Å²) >= 11 is 0. The van der Waals surface area contributed by atoms with Crippen molar-refractivity contribution in [3.8, 4) is 0 Å². The molecule has 0 unspecified atom stereocenters. The van der Waals surface area contributed by atoms with Gasteiger partial charge in [0.1, 0.15) is 5.52 Å². The molecule has 1 N–H and O–H groups in total. The van der Waals surface area contributed by atoms with E-state index < -0.39 is 0 Å². The molecular weight excluding hydrogens is 424 g/mol. The summed E-state index contributed by atoms with van der Waals surface area (Å²) < 4.78 is 3.82. The van der Waals surface area contributed by atoms with E-state index in [4.69, 9.17) is 0 Å². The fourth-order valence-electron chi connectivity index (χ4n) is 6.32. The molecule has 1 amide bonds. The van der Waals surface area contributed by atoms with Crippen LogP contribution in [0.15, 0.2) is 35.3 Å². The molecule has 1 aromatic carbocycles. The van der Waals surface area contributed by atoms with E-state index in [9.17, 15) is 9.59 Å². The van der Waals surface area contributed by atoms with Crippen molar-refractivity contribution in [1.29, 1.82) is 0 Å². The van der Waals surface area contributed by atoms with Crippen LogP contribution in [0.3, 0.4) is 0 Å². The van der Waals surface area contributed by atoms with E-state index in [1.807, 2.05) is 46.6 Å². The summed E-state index contributed by atoms with van der Waals surface area (Å²) in [5, 5.41) is 4.95. The van der Waals surface area contributed by atoms with Crippen molar-refractivity contribution < 1.29 is 4.79 Å². The first-order valence-corrected chi connectivity index (χ1v) is 13.2. The van der Waals surface area contributed by atoms with Crippen molar-refractivity contribution in [2.75, 3.05) is 19.6 Å². The maximum absolute atomic E-state index is 13.6. The maximum atomic E-state index is 13.6. The molecule has 3 heterocycles. The van der Waals surface area contributed by atoms with Crippen molar-refractivity contribution in [2.45, 2.75) is 76.8 Å². The minimum absolute atomic E-state index is 0.0212. The van der Waals surface area contributed by atoms with Gasteiger partial charge in [0.2, 0.25) is 0 Å². The van der Waals surface area contributed by atoms with Gasteiger partial charge in [0.05, 0.1) is 5.56 Å². The lowest BCUT2D eigenvalue weighted by molar-refractivity contribution is 0.0948. The highest BCUT2D eigenvalue weighted by molar-refractivity contribution is 6.17. The Balaban J connectivity index is 1.43. The van der Waals surface area contributed by atoms with Gasteiger partial charge in [0.25, 0.3) is 11.5 Å². The summed E-state index contributed by atoms with van der Waals surface area (Å²) in [7, 11) is 1.94. The molecule has 5 rings (SSSR count). The van der Waals surface area contributed by atoms with Gasteiger partial charge in [-0.2, -0.15) is 0 Å². The van der Waals surface area contributed by atoms with Crippen molar-refractivity contribution in [3.05, 3.63) is 46.4 Å². The molecule has 0 radical (unpaired) electrons. The van der Waals surface area contributed by atoms with Crippen LogP contribution < -0.4 is 10.9 Å². The summed E-state index contributed by atoms with van der Waals surface area (Å²) in [4.78, 5) is 29.7. The fraction of sp³-hybridized carbons (Fsp3) is 0.571. The average Bonchev–Trinajstić information content (AvgIpc) is 3.50. The zero-order valence-electron chi connectivity index (χ0n) is 20.7. The Bertz CT molecular complexity index is 1230. The average molecular weight is 463 g/mol. The van der Waals surface area contributed by atoms with Gasteiger partial charge in [-0.25, -0.2) is 0 Å². The normalized spacial score (nSPS) is 19.9. The highest BCUT2D eigenvalue weighted by Gasteiger charge is 2.25. The molecule has 6 heteroatoms.